The number of rotatable bonds is 8. The van der Waals surface area contributed by atoms with Gasteiger partial charge in [0.25, 0.3) is 0 Å². The molecule has 0 aliphatic carbocycles. The summed E-state index contributed by atoms with van der Waals surface area (Å²) in [4.78, 5) is 29.3. The van der Waals surface area contributed by atoms with Gasteiger partial charge in [-0.2, -0.15) is 0 Å². The van der Waals surface area contributed by atoms with E-state index in [-0.39, 0.29) is 11.8 Å². The molecule has 2 aromatic rings. The minimum absolute atomic E-state index is 0.133. The zero-order chi connectivity index (χ0) is 22.9. The van der Waals surface area contributed by atoms with Crippen molar-refractivity contribution in [3.05, 3.63) is 59.2 Å². The predicted molar refractivity (Wildman–Crippen MR) is 125 cm³/mol. The number of benzene rings is 2. The van der Waals surface area contributed by atoms with E-state index in [4.69, 9.17) is 9.47 Å². The van der Waals surface area contributed by atoms with Crippen LogP contribution in [0.5, 0.6) is 11.5 Å². The van der Waals surface area contributed by atoms with Gasteiger partial charge in [0.15, 0.2) is 11.5 Å². The fraction of sp³-hybridized carbons (Fsp3) is 0.462. The van der Waals surface area contributed by atoms with E-state index in [1.54, 1.807) is 14.2 Å². The fourth-order valence-electron chi connectivity index (χ4n) is 4.03. The number of hydrogen-bond acceptors (Lipinski definition) is 4. The minimum atomic E-state index is 0.133. The molecule has 0 N–H and O–H groups in total. The lowest BCUT2D eigenvalue weighted by Crippen LogP contribution is -2.37. The van der Waals surface area contributed by atoms with Crippen molar-refractivity contribution in [2.24, 2.45) is 0 Å². The summed E-state index contributed by atoms with van der Waals surface area (Å²) in [5.74, 6) is 1.66. The molecule has 3 rings (SSSR count). The molecule has 1 saturated heterocycles. The van der Waals surface area contributed by atoms with Gasteiger partial charge in [0.2, 0.25) is 11.8 Å². The van der Waals surface area contributed by atoms with Crippen LogP contribution in [0.4, 0.5) is 0 Å². The van der Waals surface area contributed by atoms with Gasteiger partial charge in [0, 0.05) is 39.0 Å². The topological polar surface area (TPSA) is 59.1 Å². The van der Waals surface area contributed by atoms with E-state index in [1.165, 1.54) is 11.1 Å². The van der Waals surface area contributed by atoms with Crippen molar-refractivity contribution >= 4 is 11.8 Å². The third-order valence-corrected chi connectivity index (χ3v) is 6.02. The van der Waals surface area contributed by atoms with Crippen molar-refractivity contribution in [2.75, 3.05) is 40.4 Å². The Morgan fingerprint density at radius 2 is 1.28 bits per heavy atom. The van der Waals surface area contributed by atoms with Crippen LogP contribution in [0.2, 0.25) is 0 Å². The first-order chi connectivity index (χ1) is 15.5. The van der Waals surface area contributed by atoms with Gasteiger partial charge in [-0.15, -0.1) is 0 Å². The van der Waals surface area contributed by atoms with Gasteiger partial charge < -0.3 is 19.3 Å². The third kappa shape index (κ3) is 6.49. The highest BCUT2D eigenvalue weighted by atomic mass is 16.5. The van der Waals surface area contributed by atoms with Gasteiger partial charge in [0.1, 0.15) is 0 Å². The average Bonchev–Trinajstić information content (AvgIpc) is 3.08. The summed E-state index contributed by atoms with van der Waals surface area (Å²) in [6.07, 6.45) is 3.17. The monoisotopic (exact) mass is 438 g/mol. The molecular formula is C26H34N2O4. The lowest BCUT2D eigenvalue weighted by atomic mass is 10.1. The molecule has 2 aromatic carbocycles. The number of aryl methyl sites for hydroxylation is 3. The Bertz CT molecular complexity index is 911. The van der Waals surface area contributed by atoms with Gasteiger partial charge in [-0.1, -0.05) is 35.9 Å². The van der Waals surface area contributed by atoms with Crippen LogP contribution in [-0.2, 0) is 22.4 Å². The van der Waals surface area contributed by atoms with Gasteiger partial charge in [-0.05, 0) is 49.4 Å². The lowest BCUT2D eigenvalue weighted by Gasteiger charge is -2.22. The number of carbonyl (C=O) groups is 2. The summed E-state index contributed by atoms with van der Waals surface area (Å²) in [6, 6.07) is 14.1. The molecule has 6 nitrogen and oxygen atoms in total. The first-order valence-corrected chi connectivity index (χ1v) is 11.3. The second kappa shape index (κ2) is 11.6. The molecule has 172 valence electrons. The zero-order valence-electron chi connectivity index (χ0n) is 19.4. The molecule has 1 fully saturated rings. The number of ether oxygens (including phenoxy) is 2. The summed E-state index contributed by atoms with van der Waals surface area (Å²) in [7, 11) is 3.22. The quantitative estimate of drug-likeness (QED) is 0.631. The first-order valence-electron chi connectivity index (χ1n) is 11.3. The lowest BCUT2D eigenvalue weighted by molar-refractivity contribution is -0.133. The summed E-state index contributed by atoms with van der Waals surface area (Å²) >= 11 is 0. The van der Waals surface area contributed by atoms with E-state index in [0.29, 0.717) is 56.9 Å². The van der Waals surface area contributed by atoms with Gasteiger partial charge >= 0.3 is 0 Å². The van der Waals surface area contributed by atoms with Crippen molar-refractivity contribution in [3.8, 4) is 11.5 Å². The molecule has 2 amide bonds. The molecule has 6 heteroatoms. The Hall–Kier alpha value is -3.02. The maximum absolute atomic E-state index is 12.8. The standard InChI is InChI=1S/C26H34N2O4/c1-20-5-7-21(8-6-20)10-13-25(29)27-15-4-16-28(18-17-27)26(30)14-11-22-9-12-23(31-2)24(19-22)32-3/h5-9,12,19H,4,10-11,13-18H2,1-3H3. The van der Waals surface area contributed by atoms with Crippen LogP contribution in [0.3, 0.4) is 0 Å². The zero-order valence-corrected chi connectivity index (χ0v) is 19.4. The SMILES string of the molecule is COc1ccc(CCC(=O)N2CCCN(C(=O)CCc3ccc(C)cc3)CC2)cc1OC. The number of hydrogen-bond donors (Lipinski definition) is 0. The molecule has 1 aliphatic heterocycles. The van der Waals surface area contributed by atoms with Gasteiger partial charge in [0.05, 0.1) is 14.2 Å². The Morgan fingerprint density at radius 3 is 1.84 bits per heavy atom. The molecule has 1 heterocycles. The third-order valence-electron chi connectivity index (χ3n) is 6.02. The molecule has 0 bridgehead atoms. The van der Waals surface area contributed by atoms with Crippen molar-refractivity contribution in [1.29, 1.82) is 0 Å². The predicted octanol–water partition coefficient (Wildman–Crippen LogP) is 3.64. The van der Waals surface area contributed by atoms with Crippen molar-refractivity contribution in [2.45, 2.75) is 39.0 Å². The van der Waals surface area contributed by atoms with Crippen LogP contribution in [0, 0.1) is 6.92 Å². The van der Waals surface area contributed by atoms with E-state index in [0.717, 1.165) is 18.4 Å². The summed E-state index contributed by atoms with van der Waals surface area (Å²) in [5.41, 5.74) is 3.45. The van der Waals surface area contributed by atoms with Crippen molar-refractivity contribution < 1.29 is 19.1 Å². The van der Waals surface area contributed by atoms with E-state index < -0.39 is 0 Å². The average molecular weight is 439 g/mol. The molecule has 0 saturated carbocycles. The molecule has 1 aliphatic rings. The second-order valence-corrected chi connectivity index (χ2v) is 8.29. The number of methoxy groups -OCH3 is 2. The van der Waals surface area contributed by atoms with Gasteiger partial charge in [-0.3, -0.25) is 9.59 Å². The number of carbonyl (C=O) groups excluding carboxylic acids is 2. The molecule has 0 spiro atoms. The summed E-state index contributed by atoms with van der Waals surface area (Å²) in [5, 5.41) is 0. The first kappa shape index (κ1) is 23.6. The highest BCUT2D eigenvalue weighted by molar-refractivity contribution is 5.78. The van der Waals surface area contributed by atoms with E-state index >= 15 is 0 Å². The van der Waals surface area contributed by atoms with E-state index in [1.807, 2.05) is 28.0 Å². The highest BCUT2D eigenvalue weighted by Gasteiger charge is 2.22. The molecule has 0 unspecified atom stereocenters. The minimum Gasteiger partial charge on any atom is -0.493 e. The normalized spacial score (nSPS) is 14.1. The van der Waals surface area contributed by atoms with Crippen LogP contribution < -0.4 is 9.47 Å². The highest BCUT2D eigenvalue weighted by Crippen LogP contribution is 2.28. The molecule has 0 radical (unpaired) electrons. The Kier molecular flexibility index (Phi) is 8.54. The van der Waals surface area contributed by atoms with E-state index in [2.05, 4.69) is 31.2 Å². The smallest absolute Gasteiger partial charge is 0.222 e. The van der Waals surface area contributed by atoms with Crippen LogP contribution >= 0.6 is 0 Å². The molecular weight excluding hydrogens is 404 g/mol. The molecule has 32 heavy (non-hydrogen) atoms. The van der Waals surface area contributed by atoms with Crippen LogP contribution in [-0.4, -0.2) is 62.0 Å². The molecule has 0 aromatic heterocycles. The van der Waals surface area contributed by atoms with Gasteiger partial charge in [-0.25, -0.2) is 0 Å². The fourth-order valence-corrected chi connectivity index (χ4v) is 4.03. The Labute approximate surface area is 191 Å². The maximum atomic E-state index is 12.8. The number of nitrogens with zero attached hydrogens (tertiary/aromatic N) is 2. The van der Waals surface area contributed by atoms with Crippen LogP contribution in [0.15, 0.2) is 42.5 Å². The Balaban J connectivity index is 1.46. The Morgan fingerprint density at radius 1 is 0.750 bits per heavy atom. The number of amides is 2. The molecule has 0 atom stereocenters. The van der Waals surface area contributed by atoms with Crippen LogP contribution in [0.25, 0.3) is 0 Å². The van der Waals surface area contributed by atoms with E-state index in [9.17, 15) is 9.59 Å². The second-order valence-electron chi connectivity index (χ2n) is 8.29. The maximum Gasteiger partial charge on any atom is 0.222 e. The largest absolute Gasteiger partial charge is 0.493 e. The van der Waals surface area contributed by atoms with Crippen molar-refractivity contribution in [1.82, 2.24) is 9.80 Å². The summed E-state index contributed by atoms with van der Waals surface area (Å²) < 4.78 is 10.6. The van der Waals surface area contributed by atoms with Crippen molar-refractivity contribution in [3.63, 3.8) is 0 Å². The van der Waals surface area contributed by atoms with Crippen LogP contribution in [0.1, 0.15) is 36.0 Å². The summed E-state index contributed by atoms with van der Waals surface area (Å²) in [6.45, 7) is 4.68.